The van der Waals surface area contributed by atoms with Crippen LogP contribution in [-0.2, 0) is 0 Å². The molecule has 7 aromatic carbocycles. The molecule has 0 saturated carbocycles. The zero-order chi connectivity index (χ0) is 56.1. The first-order valence-corrected chi connectivity index (χ1v) is 23.2. The van der Waals surface area contributed by atoms with Crippen LogP contribution in [0.3, 0.4) is 0 Å². The molecule has 0 unspecified atom stereocenters. The first kappa shape index (κ1) is 54.0. The zero-order valence-electron chi connectivity index (χ0n) is 40.1. The van der Waals surface area contributed by atoms with Crippen LogP contribution in [0.5, 0.6) is 0 Å². The summed E-state index contributed by atoms with van der Waals surface area (Å²) in [5.74, 6) is -0.818. The molecule has 4 aromatic heterocycles. The summed E-state index contributed by atoms with van der Waals surface area (Å²) in [6, 6.07) is 0. The summed E-state index contributed by atoms with van der Waals surface area (Å²) in [5, 5.41) is 1.50. The number of aromatic nitrogens is 4. The van der Waals surface area contributed by atoms with Gasteiger partial charge in [-0.3, -0.25) is 0 Å². The lowest BCUT2D eigenvalue weighted by atomic mass is 9.60. The number of nitrogens with zero attached hydrogens (tertiary/aromatic N) is 4. The lowest BCUT2D eigenvalue weighted by Gasteiger charge is -2.23. The maximum absolute atomic E-state index is 7.33. The smallest absolute Gasteiger partial charge is 0.163 e. The van der Waals surface area contributed by atoms with Crippen molar-refractivity contribution >= 4 is 421 Å². The first-order chi connectivity index (χ1) is 36.1. The maximum atomic E-state index is 7.33. The minimum absolute atomic E-state index is 0.00248. The van der Waals surface area contributed by atoms with E-state index in [4.69, 9.17) is 218 Å². The van der Waals surface area contributed by atoms with Gasteiger partial charge in [0.1, 0.15) is 215 Å². The van der Waals surface area contributed by atoms with Crippen molar-refractivity contribution in [3.05, 3.63) is 0 Å². The quantitative estimate of drug-likeness (QED) is 0.165. The predicted octanol–water partition coefficient (Wildman–Crippen LogP) is -19.1. The molecule has 77 heavy (non-hydrogen) atoms. The molecule has 0 aliphatic heterocycles. The fourth-order valence-electron chi connectivity index (χ4n) is 10.2. The highest BCUT2D eigenvalue weighted by Gasteiger charge is 2.31. The zero-order valence-corrected chi connectivity index (χ0v) is 40.9. The molecule has 11 rings (SSSR count). The summed E-state index contributed by atoms with van der Waals surface area (Å²) in [5.41, 5.74) is -2.56. The molecule has 0 aliphatic carbocycles. The second kappa shape index (κ2) is 18.3. The Morgan fingerprint density at radius 1 is 0.247 bits per heavy atom. The molecular weight excluding hydrogens is 926 g/mol. The Morgan fingerprint density at radius 2 is 0.558 bits per heavy atom. The number of fused-ring (bicyclic) bond motifs is 10. The molecule has 0 spiro atoms. The van der Waals surface area contributed by atoms with Crippen LogP contribution in [0.2, 0.25) is 0 Å². The maximum Gasteiger partial charge on any atom is 0.163 e. The first-order valence-electron chi connectivity index (χ1n) is 22.3. The van der Waals surface area contributed by atoms with Gasteiger partial charge in [-0.2, -0.15) is 0 Å². The van der Waals surface area contributed by atoms with Crippen LogP contribution in [-0.4, -0.2) is 224 Å². The summed E-state index contributed by atoms with van der Waals surface area (Å²) in [6.45, 7) is 0. The molecule has 32 heteroatoms. The van der Waals surface area contributed by atoms with E-state index in [2.05, 4.69) is 4.98 Å². The third-order valence-corrected chi connectivity index (χ3v) is 15.6. The summed E-state index contributed by atoms with van der Waals surface area (Å²) >= 11 is 1.18. The van der Waals surface area contributed by atoms with Crippen molar-refractivity contribution < 1.29 is 4.42 Å². The van der Waals surface area contributed by atoms with Crippen LogP contribution in [0, 0.1) is 0 Å². The highest BCUT2D eigenvalue weighted by Crippen LogP contribution is 2.40. The van der Waals surface area contributed by atoms with E-state index in [1.54, 1.807) is 0 Å². The van der Waals surface area contributed by atoms with Crippen LogP contribution in [0.25, 0.3) is 104 Å². The summed E-state index contributed by atoms with van der Waals surface area (Å²) in [4.78, 5) is 14.0. The Bertz CT molecular complexity index is 4520. The second-order valence-electron chi connectivity index (χ2n) is 18.3. The van der Waals surface area contributed by atoms with Crippen molar-refractivity contribution in [3.8, 4) is 39.9 Å². The van der Waals surface area contributed by atoms with Gasteiger partial charge in [0.15, 0.2) is 17.5 Å². The molecule has 290 valence electrons. The fraction of sp³-hybridized carbons (Fsp3) is 0. The lowest BCUT2D eigenvalue weighted by Crippen LogP contribution is -2.55. The molecule has 0 N–H and O–H groups in total. The molecule has 0 fully saturated rings. The lowest BCUT2D eigenvalue weighted by molar-refractivity contribution is 0.674. The second-order valence-corrected chi connectivity index (χ2v) is 19.4. The van der Waals surface area contributed by atoms with E-state index < -0.39 is 0 Å². The Kier molecular flexibility index (Phi) is 12.8. The van der Waals surface area contributed by atoms with Crippen LogP contribution in [0.15, 0.2) is 4.42 Å². The van der Waals surface area contributed by atoms with E-state index >= 15 is 0 Å². The fourth-order valence-corrected chi connectivity index (χ4v) is 11.6. The Balaban J connectivity index is 1.26. The third-order valence-electron chi connectivity index (χ3n) is 14.4. The number of hydrogen-bond acceptors (Lipinski definition) is 5. The summed E-state index contributed by atoms with van der Waals surface area (Å²) in [6.07, 6.45) is 0. The number of rotatable bonds is 4. The summed E-state index contributed by atoms with van der Waals surface area (Å²) < 4.78 is 8.93. The molecule has 11 aromatic rings. The monoisotopic (exact) mass is 930 g/mol. The van der Waals surface area contributed by atoms with Crippen LogP contribution in [0.1, 0.15) is 0 Å². The van der Waals surface area contributed by atoms with Gasteiger partial charge < -0.3 is 8.98 Å². The Labute approximate surface area is 481 Å². The molecule has 0 atom stereocenters. The molecule has 4 heterocycles. The highest BCUT2D eigenvalue weighted by atomic mass is 32.1. The van der Waals surface area contributed by atoms with Crippen LogP contribution in [0.4, 0.5) is 0 Å². The van der Waals surface area contributed by atoms with E-state index in [1.807, 2.05) is 0 Å². The molecule has 5 nitrogen and oxygen atoms in total. The van der Waals surface area contributed by atoms with Gasteiger partial charge in [-0.15, -0.1) is 66.0 Å². The average Bonchev–Trinajstić information content (AvgIpc) is 4.25. The van der Waals surface area contributed by atoms with Gasteiger partial charge in [-0.25, -0.2) is 15.0 Å². The van der Waals surface area contributed by atoms with Crippen molar-refractivity contribution in [1.29, 1.82) is 0 Å². The molecule has 0 saturated heterocycles. The van der Waals surface area contributed by atoms with Crippen molar-refractivity contribution in [2.75, 3.05) is 0 Å². The van der Waals surface area contributed by atoms with Crippen molar-refractivity contribution in [2.24, 2.45) is 0 Å². The molecular formula is C45B26N4OS. The molecule has 0 amide bonds. The van der Waals surface area contributed by atoms with E-state index in [9.17, 15) is 0 Å². The van der Waals surface area contributed by atoms with Crippen molar-refractivity contribution in [1.82, 2.24) is 19.5 Å². The number of hydrogen-bond donors (Lipinski definition) is 0. The average molecular weight is 926 g/mol. The number of thiophene rings is 1. The minimum Gasteiger partial charge on any atom is -0.457 e. The van der Waals surface area contributed by atoms with Gasteiger partial charge in [-0.05, 0) is 16.2 Å². The van der Waals surface area contributed by atoms with Gasteiger partial charge in [0.05, 0.1) is 0 Å². The highest BCUT2D eigenvalue weighted by molar-refractivity contribution is 7.28. The SMILES string of the molecule is [B]c1c([B])c([B])c(-c2nc(-c3c([B])c([B])c([B])c([B])c3[B])nc(-c3c([B])c([B])c4c(oc5c([B])c([B])c(-n6c7c([B])c([B])c([B])c([B])c7c7c8sc9c([B])c([B])c([B])c([B])c9c8c([B])c([B])c76)c([B])c54)c3[B])n2)c([B])c1[B]. The third kappa shape index (κ3) is 7.06. The normalized spacial score (nSPS) is 11.9. The van der Waals surface area contributed by atoms with E-state index in [1.165, 1.54) is 15.9 Å². The summed E-state index contributed by atoms with van der Waals surface area (Å²) in [7, 11) is 173. The molecule has 0 aliphatic rings. The largest absolute Gasteiger partial charge is 0.457 e. The predicted molar refractivity (Wildman–Crippen MR) is 351 cm³/mol. The van der Waals surface area contributed by atoms with Gasteiger partial charge >= 0.3 is 0 Å². The Hall–Kier alpha value is -4.94. The van der Waals surface area contributed by atoms with E-state index in [0.29, 0.717) is 25.6 Å². The van der Waals surface area contributed by atoms with Crippen LogP contribution >= 0.6 is 11.3 Å². The van der Waals surface area contributed by atoms with E-state index in [0.717, 1.165) is 0 Å². The van der Waals surface area contributed by atoms with Crippen molar-refractivity contribution in [3.63, 3.8) is 0 Å². The topological polar surface area (TPSA) is 56.7 Å². The Morgan fingerprint density at radius 3 is 1.05 bits per heavy atom. The minimum atomic E-state index is -0.291. The van der Waals surface area contributed by atoms with Gasteiger partial charge in [0.25, 0.3) is 0 Å². The number of furan rings is 1. The van der Waals surface area contributed by atoms with Gasteiger partial charge in [0.2, 0.25) is 0 Å². The van der Waals surface area contributed by atoms with Gasteiger partial charge in [0, 0.05) is 64.4 Å². The van der Waals surface area contributed by atoms with Gasteiger partial charge in [-0.1, -0.05) is 81.9 Å². The number of benzene rings is 7. The molecule has 0 bridgehead atoms. The van der Waals surface area contributed by atoms with Crippen LogP contribution < -0.4 is 142 Å². The van der Waals surface area contributed by atoms with Crippen molar-refractivity contribution in [2.45, 2.75) is 0 Å². The van der Waals surface area contributed by atoms with E-state index in [-0.39, 0.29) is 220 Å². The molecule has 52 radical (unpaired) electrons. The standard InChI is InChI=1S/C45B26N4OS/c46-10-1-6-37(31(67)13(49)4-5-12(48)22(58)30(66)35(71)42(5)77-41(4)6)75(36(1)32(68)29(65)21(10)57)38-19(55)3-2-11(47)14(50)9(20(56)39(2)76-40(3)34(70)33(38)69)45-73-43(7-15(51)23(59)27(63)24(60)16(7)52)72-44(74-45)8-17(53)25(61)28(64)26(62)18(8)54.